The number of rotatable bonds is 4. The molecule has 6 nitrogen and oxygen atoms in total. The molecule has 0 saturated carbocycles. The third-order valence-corrected chi connectivity index (χ3v) is 4.83. The molecule has 0 aliphatic heterocycles. The molecule has 1 N–H and O–H groups in total. The highest BCUT2D eigenvalue weighted by atomic mass is 35.5. The van der Waals surface area contributed by atoms with Crippen molar-refractivity contribution in [3.63, 3.8) is 0 Å². The standard InChI is InChI=1S/C13H10Cl2N4O2S/c14-10-4-3-5-11(15)9(10)8-22(20,21)18-13-17-16-12-6-1-2-7-19(12)13/h1-7H,8H2,(H,17,18). The molecule has 0 aliphatic carbocycles. The zero-order valence-corrected chi connectivity index (χ0v) is 13.4. The lowest BCUT2D eigenvalue weighted by molar-refractivity contribution is 0.600. The number of aromatic nitrogens is 3. The van der Waals surface area contributed by atoms with E-state index in [9.17, 15) is 8.42 Å². The Morgan fingerprint density at radius 3 is 2.50 bits per heavy atom. The lowest BCUT2D eigenvalue weighted by Crippen LogP contribution is -2.17. The van der Waals surface area contributed by atoms with Gasteiger partial charge in [0.25, 0.3) is 0 Å². The van der Waals surface area contributed by atoms with Gasteiger partial charge in [0, 0.05) is 21.8 Å². The summed E-state index contributed by atoms with van der Waals surface area (Å²) in [4.78, 5) is 0. The van der Waals surface area contributed by atoms with Crippen LogP contribution in [0.15, 0.2) is 42.6 Å². The van der Waals surface area contributed by atoms with Crippen molar-refractivity contribution in [2.75, 3.05) is 4.72 Å². The van der Waals surface area contributed by atoms with Gasteiger partial charge in [0.05, 0.1) is 5.75 Å². The largest absolute Gasteiger partial charge is 0.268 e. The van der Waals surface area contributed by atoms with Crippen molar-refractivity contribution in [1.82, 2.24) is 14.6 Å². The third-order valence-electron chi connectivity index (χ3n) is 2.96. The minimum atomic E-state index is -3.74. The van der Waals surface area contributed by atoms with E-state index in [0.717, 1.165) is 0 Å². The Kier molecular flexibility index (Phi) is 3.94. The second kappa shape index (κ2) is 5.75. The second-order valence-electron chi connectivity index (χ2n) is 4.51. The summed E-state index contributed by atoms with van der Waals surface area (Å²) in [6, 6.07) is 10.1. The first-order valence-corrected chi connectivity index (χ1v) is 8.60. The molecule has 2 aromatic heterocycles. The molecular weight excluding hydrogens is 347 g/mol. The van der Waals surface area contributed by atoms with Crippen molar-refractivity contribution in [3.8, 4) is 0 Å². The fourth-order valence-electron chi connectivity index (χ4n) is 1.95. The minimum absolute atomic E-state index is 0.110. The van der Waals surface area contributed by atoms with Crippen molar-refractivity contribution in [1.29, 1.82) is 0 Å². The van der Waals surface area contributed by atoms with Crippen molar-refractivity contribution in [2.24, 2.45) is 0 Å². The molecule has 0 aliphatic rings. The zero-order valence-electron chi connectivity index (χ0n) is 11.1. The first-order valence-electron chi connectivity index (χ1n) is 6.19. The van der Waals surface area contributed by atoms with E-state index in [1.54, 1.807) is 42.6 Å². The Morgan fingerprint density at radius 1 is 1.05 bits per heavy atom. The van der Waals surface area contributed by atoms with E-state index in [-0.39, 0.29) is 11.7 Å². The van der Waals surface area contributed by atoms with E-state index in [2.05, 4.69) is 14.9 Å². The summed E-state index contributed by atoms with van der Waals surface area (Å²) in [7, 11) is -3.74. The molecule has 0 atom stereocenters. The van der Waals surface area contributed by atoms with Crippen LogP contribution in [0.25, 0.3) is 5.65 Å². The van der Waals surface area contributed by atoms with E-state index in [4.69, 9.17) is 23.2 Å². The lowest BCUT2D eigenvalue weighted by Gasteiger charge is -2.09. The molecule has 3 rings (SSSR count). The number of hydrogen-bond acceptors (Lipinski definition) is 4. The van der Waals surface area contributed by atoms with Gasteiger partial charge in [-0.3, -0.25) is 9.12 Å². The van der Waals surface area contributed by atoms with E-state index in [0.29, 0.717) is 21.3 Å². The van der Waals surface area contributed by atoms with Gasteiger partial charge in [0.2, 0.25) is 16.0 Å². The minimum Gasteiger partial charge on any atom is -0.268 e. The molecular formula is C13H10Cl2N4O2S. The van der Waals surface area contributed by atoms with Gasteiger partial charge in [-0.1, -0.05) is 35.3 Å². The van der Waals surface area contributed by atoms with Gasteiger partial charge in [-0.05, 0) is 24.3 Å². The maximum absolute atomic E-state index is 12.3. The van der Waals surface area contributed by atoms with Crippen LogP contribution in [-0.2, 0) is 15.8 Å². The summed E-state index contributed by atoms with van der Waals surface area (Å²) in [5.41, 5.74) is 0.878. The summed E-state index contributed by atoms with van der Waals surface area (Å²) < 4.78 is 28.5. The molecule has 9 heteroatoms. The first kappa shape index (κ1) is 15.1. The van der Waals surface area contributed by atoms with Crippen molar-refractivity contribution >= 4 is 44.8 Å². The Labute approximate surface area is 136 Å². The normalized spacial score (nSPS) is 11.7. The topological polar surface area (TPSA) is 76.4 Å². The van der Waals surface area contributed by atoms with Crippen LogP contribution >= 0.6 is 23.2 Å². The Bertz CT molecular complexity index is 920. The van der Waals surface area contributed by atoms with Crippen molar-refractivity contribution < 1.29 is 8.42 Å². The Balaban J connectivity index is 1.91. The Hall–Kier alpha value is -1.83. The smallest absolute Gasteiger partial charge is 0.242 e. The molecule has 3 aromatic rings. The van der Waals surface area contributed by atoms with Gasteiger partial charge in [0.1, 0.15) is 0 Å². The number of nitrogens with zero attached hydrogens (tertiary/aromatic N) is 3. The van der Waals surface area contributed by atoms with Gasteiger partial charge >= 0.3 is 0 Å². The number of sulfonamides is 1. The maximum atomic E-state index is 12.3. The maximum Gasteiger partial charge on any atom is 0.242 e. The number of benzene rings is 1. The summed E-state index contributed by atoms with van der Waals surface area (Å²) in [5.74, 6) is -0.244. The first-order chi connectivity index (χ1) is 10.5. The quantitative estimate of drug-likeness (QED) is 0.779. The molecule has 2 heterocycles. The van der Waals surface area contributed by atoms with Crippen LogP contribution in [0.1, 0.15) is 5.56 Å². The van der Waals surface area contributed by atoms with E-state index < -0.39 is 10.0 Å². The molecule has 0 saturated heterocycles. The third kappa shape index (κ3) is 3.01. The molecule has 0 bridgehead atoms. The van der Waals surface area contributed by atoms with Crippen LogP contribution in [0, 0.1) is 0 Å². The predicted molar refractivity (Wildman–Crippen MR) is 85.7 cm³/mol. The average molecular weight is 357 g/mol. The number of pyridine rings is 1. The van der Waals surface area contributed by atoms with Gasteiger partial charge in [0.15, 0.2) is 5.65 Å². The van der Waals surface area contributed by atoms with Gasteiger partial charge in [-0.15, -0.1) is 10.2 Å². The summed E-state index contributed by atoms with van der Waals surface area (Å²) in [6.07, 6.45) is 1.66. The number of anilines is 1. The van der Waals surface area contributed by atoms with Crippen LogP contribution in [0.5, 0.6) is 0 Å². The number of fused-ring (bicyclic) bond motifs is 1. The van der Waals surface area contributed by atoms with Crippen molar-refractivity contribution in [2.45, 2.75) is 5.75 Å². The van der Waals surface area contributed by atoms with Crippen molar-refractivity contribution in [3.05, 3.63) is 58.2 Å². The lowest BCUT2D eigenvalue weighted by atomic mass is 10.2. The SMILES string of the molecule is O=S(=O)(Cc1c(Cl)cccc1Cl)Nc1nnc2ccccn12. The molecule has 22 heavy (non-hydrogen) atoms. The van der Waals surface area contributed by atoms with Crippen LogP contribution < -0.4 is 4.72 Å². The zero-order chi connectivity index (χ0) is 15.7. The predicted octanol–water partition coefficient (Wildman–Crippen LogP) is 2.98. The molecule has 0 amide bonds. The fourth-order valence-corrected chi connectivity index (χ4v) is 3.82. The molecule has 0 spiro atoms. The molecule has 0 radical (unpaired) electrons. The monoisotopic (exact) mass is 356 g/mol. The van der Waals surface area contributed by atoms with Gasteiger partial charge in [-0.25, -0.2) is 8.42 Å². The molecule has 0 unspecified atom stereocenters. The van der Waals surface area contributed by atoms with E-state index >= 15 is 0 Å². The summed E-state index contributed by atoms with van der Waals surface area (Å²) in [6.45, 7) is 0. The van der Waals surface area contributed by atoms with Crippen LogP contribution in [0.3, 0.4) is 0 Å². The second-order valence-corrected chi connectivity index (χ2v) is 7.05. The van der Waals surface area contributed by atoms with Crippen LogP contribution in [0.4, 0.5) is 5.95 Å². The Morgan fingerprint density at radius 2 is 1.77 bits per heavy atom. The van der Waals surface area contributed by atoms with Gasteiger partial charge in [-0.2, -0.15) is 0 Å². The summed E-state index contributed by atoms with van der Waals surface area (Å²) >= 11 is 12.0. The number of hydrogen-bond donors (Lipinski definition) is 1. The van der Waals surface area contributed by atoms with E-state index in [1.807, 2.05) is 0 Å². The van der Waals surface area contributed by atoms with Crippen LogP contribution in [0.2, 0.25) is 10.0 Å². The fraction of sp³-hybridized carbons (Fsp3) is 0.0769. The number of halogens is 2. The highest BCUT2D eigenvalue weighted by molar-refractivity contribution is 7.91. The molecule has 114 valence electrons. The molecule has 0 fully saturated rings. The number of nitrogens with one attached hydrogen (secondary N) is 1. The molecule has 1 aromatic carbocycles. The highest BCUT2D eigenvalue weighted by Crippen LogP contribution is 2.26. The average Bonchev–Trinajstić information content (AvgIpc) is 2.86. The van der Waals surface area contributed by atoms with Gasteiger partial charge < -0.3 is 0 Å². The summed E-state index contributed by atoms with van der Waals surface area (Å²) in [5, 5.41) is 8.29. The van der Waals surface area contributed by atoms with E-state index in [1.165, 1.54) is 4.40 Å². The highest BCUT2D eigenvalue weighted by Gasteiger charge is 2.19. The van der Waals surface area contributed by atoms with Crippen LogP contribution in [-0.4, -0.2) is 23.0 Å².